The molecule has 5 atom stereocenters. The second-order valence-electron chi connectivity index (χ2n) is 6.67. The van der Waals surface area contributed by atoms with Gasteiger partial charge in [-0.15, -0.1) is 0 Å². The highest BCUT2D eigenvalue weighted by molar-refractivity contribution is 5.80. The van der Waals surface area contributed by atoms with Crippen molar-refractivity contribution in [3.8, 4) is 0 Å². The lowest BCUT2D eigenvalue weighted by Gasteiger charge is -2.40. The quantitative estimate of drug-likeness (QED) is 0.278. The van der Waals surface area contributed by atoms with Gasteiger partial charge < -0.3 is 29.9 Å². The van der Waals surface area contributed by atoms with Gasteiger partial charge >= 0.3 is 5.97 Å². The zero-order valence-corrected chi connectivity index (χ0v) is 13.2. The van der Waals surface area contributed by atoms with Gasteiger partial charge in [0.05, 0.1) is 19.2 Å². The summed E-state index contributed by atoms with van der Waals surface area (Å²) in [6, 6.07) is -0.591. The first-order valence-corrected chi connectivity index (χ1v) is 7.65. The molecule has 126 valence electrons. The van der Waals surface area contributed by atoms with Crippen molar-refractivity contribution >= 4 is 5.97 Å². The smallest absolute Gasteiger partial charge is 0.341 e. The van der Waals surface area contributed by atoms with E-state index in [1.165, 1.54) is 6.92 Å². The molecule has 7 nitrogen and oxygen atoms in total. The fraction of sp³-hybridized carbons (Fsp3) is 0.800. The molecule has 0 spiro atoms. The molecule has 0 aromatic heterocycles. The second-order valence-corrected chi connectivity index (χ2v) is 6.67. The summed E-state index contributed by atoms with van der Waals surface area (Å²) < 4.78 is 4.64. The van der Waals surface area contributed by atoms with Gasteiger partial charge in [0.15, 0.2) is 5.60 Å². The average Bonchev–Trinajstić information content (AvgIpc) is 2.92. The average molecular weight is 315 g/mol. The Labute approximate surface area is 130 Å². The predicted octanol–water partition coefficient (Wildman–Crippen LogP) is -0.315. The fourth-order valence-electron chi connectivity index (χ4n) is 3.41. The minimum Gasteiger partial charge on any atom is -0.632 e. The Morgan fingerprint density at radius 3 is 2.73 bits per heavy atom. The van der Waals surface area contributed by atoms with Crippen LogP contribution in [0.15, 0.2) is 11.6 Å². The molecular weight excluding hydrogens is 290 g/mol. The molecule has 2 heterocycles. The Morgan fingerprint density at radius 1 is 1.55 bits per heavy atom. The zero-order chi connectivity index (χ0) is 16.7. The van der Waals surface area contributed by atoms with Crippen molar-refractivity contribution in [1.82, 2.24) is 0 Å². The maximum absolute atomic E-state index is 12.4. The van der Waals surface area contributed by atoms with E-state index in [1.807, 2.05) is 0 Å². The molecule has 2 aliphatic heterocycles. The van der Waals surface area contributed by atoms with Gasteiger partial charge in [-0.2, -0.15) is 0 Å². The Balaban J connectivity index is 2.03. The maximum Gasteiger partial charge on any atom is 0.341 e. The maximum atomic E-state index is 12.4. The molecule has 2 rings (SSSR count). The molecule has 0 radical (unpaired) electrons. The molecule has 0 aromatic carbocycles. The lowest BCUT2D eigenvalue weighted by atomic mass is 9.85. The summed E-state index contributed by atoms with van der Waals surface area (Å²) in [5, 5.41) is 42.4. The van der Waals surface area contributed by atoms with Crippen LogP contribution in [0, 0.1) is 11.1 Å². The van der Waals surface area contributed by atoms with E-state index in [1.54, 1.807) is 19.9 Å². The molecule has 3 N–H and O–H groups in total. The molecule has 1 fully saturated rings. The van der Waals surface area contributed by atoms with Crippen LogP contribution >= 0.6 is 0 Å². The van der Waals surface area contributed by atoms with E-state index in [0.717, 1.165) is 0 Å². The highest BCUT2D eigenvalue weighted by Crippen LogP contribution is 2.36. The van der Waals surface area contributed by atoms with E-state index in [9.17, 15) is 25.3 Å². The first-order chi connectivity index (χ1) is 10.1. The third-order valence-corrected chi connectivity index (χ3v) is 4.93. The number of nitrogens with zero attached hydrogens (tertiary/aromatic N) is 1. The molecule has 0 aliphatic carbocycles. The van der Waals surface area contributed by atoms with Crippen molar-refractivity contribution in [1.29, 1.82) is 0 Å². The van der Waals surface area contributed by atoms with Gasteiger partial charge in [0.1, 0.15) is 18.8 Å². The first kappa shape index (κ1) is 17.4. The summed E-state index contributed by atoms with van der Waals surface area (Å²) in [5.41, 5.74) is -1.40. The standard InChI is InChI=1S/C15H25NO6/c1-9(2)15(20,10(3)17)14(19)22-8-11-4-6-16(21)7-5-12(18)13(11)16/h4,9-10,12-13,17-18,20H,5-8H2,1-3H3/t10-,12-,13+,15?,16?/m0/s1. The highest BCUT2D eigenvalue weighted by Gasteiger charge is 2.49. The van der Waals surface area contributed by atoms with Crippen molar-refractivity contribution in [2.45, 2.75) is 51.0 Å². The van der Waals surface area contributed by atoms with Crippen LogP contribution < -0.4 is 0 Å². The van der Waals surface area contributed by atoms with Crippen LogP contribution in [-0.2, 0) is 9.53 Å². The van der Waals surface area contributed by atoms with E-state index >= 15 is 0 Å². The monoisotopic (exact) mass is 315 g/mol. The van der Waals surface area contributed by atoms with E-state index < -0.39 is 40.4 Å². The molecule has 2 aliphatic rings. The second kappa shape index (κ2) is 5.90. The van der Waals surface area contributed by atoms with Crippen molar-refractivity contribution in [3.63, 3.8) is 0 Å². The Morgan fingerprint density at radius 2 is 2.18 bits per heavy atom. The predicted molar refractivity (Wildman–Crippen MR) is 78.3 cm³/mol. The van der Waals surface area contributed by atoms with E-state index in [2.05, 4.69) is 0 Å². The number of carbonyl (C=O) groups excluding carboxylic acids is 1. The van der Waals surface area contributed by atoms with E-state index in [4.69, 9.17) is 4.74 Å². The summed E-state index contributed by atoms with van der Waals surface area (Å²) in [6.45, 7) is 5.02. The molecular formula is C15H25NO6. The molecule has 2 unspecified atom stereocenters. The summed E-state index contributed by atoms with van der Waals surface area (Å²) in [4.78, 5) is 12.2. The number of fused-ring (bicyclic) bond motifs is 1. The number of ether oxygens (including phenoxy) is 1. The minimum atomic E-state index is -1.99. The largest absolute Gasteiger partial charge is 0.632 e. The number of aliphatic hydroxyl groups is 3. The number of quaternary nitrogens is 1. The Bertz CT molecular complexity index is 467. The first-order valence-electron chi connectivity index (χ1n) is 7.65. The number of carbonyl (C=O) groups is 1. The molecule has 0 bridgehead atoms. The normalized spacial score (nSPS) is 35.0. The van der Waals surface area contributed by atoms with E-state index in [-0.39, 0.29) is 13.2 Å². The summed E-state index contributed by atoms with van der Waals surface area (Å²) in [5.74, 6) is -1.44. The summed E-state index contributed by atoms with van der Waals surface area (Å²) in [7, 11) is 0. The fourth-order valence-corrected chi connectivity index (χ4v) is 3.41. The lowest BCUT2D eigenvalue weighted by molar-refractivity contribution is -0.877. The van der Waals surface area contributed by atoms with Crippen LogP contribution in [0.1, 0.15) is 27.2 Å². The summed E-state index contributed by atoms with van der Waals surface area (Å²) in [6.07, 6.45) is 0.127. The van der Waals surface area contributed by atoms with Crippen LogP contribution in [0.5, 0.6) is 0 Å². The number of hydrogen-bond donors (Lipinski definition) is 3. The molecule has 22 heavy (non-hydrogen) atoms. The Hall–Kier alpha value is -0.990. The van der Waals surface area contributed by atoms with Crippen molar-refractivity contribution in [2.75, 3.05) is 19.7 Å². The van der Waals surface area contributed by atoms with Crippen LogP contribution in [0.2, 0.25) is 0 Å². The van der Waals surface area contributed by atoms with E-state index in [0.29, 0.717) is 18.5 Å². The topological polar surface area (TPSA) is 110 Å². The van der Waals surface area contributed by atoms with Crippen molar-refractivity contribution in [3.05, 3.63) is 16.9 Å². The molecule has 1 saturated heterocycles. The molecule has 7 heteroatoms. The van der Waals surface area contributed by atoms with Gasteiger partial charge in [0.25, 0.3) is 0 Å². The zero-order valence-electron chi connectivity index (χ0n) is 13.2. The van der Waals surface area contributed by atoms with Gasteiger partial charge in [-0.3, -0.25) is 0 Å². The van der Waals surface area contributed by atoms with Gasteiger partial charge in [-0.1, -0.05) is 13.8 Å². The van der Waals surface area contributed by atoms with Crippen LogP contribution in [0.3, 0.4) is 0 Å². The van der Waals surface area contributed by atoms with Crippen LogP contribution in [0.25, 0.3) is 0 Å². The third-order valence-electron chi connectivity index (χ3n) is 4.93. The lowest BCUT2D eigenvalue weighted by Crippen LogP contribution is -2.53. The molecule has 0 aromatic rings. The minimum absolute atomic E-state index is 0.148. The van der Waals surface area contributed by atoms with Gasteiger partial charge in [0.2, 0.25) is 0 Å². The van der Waals surface area contributed by atoms with Crippen molar-refractivity contribution in [2.24, 2.45) is 5.92 Å². The third kappa shape index (κ3) is 2.68. The van der Waals surface area contributed by atoms with Crippen LogP contribution in [-0.4, -0.2) is 69.5 Å². The van der Waals surface area contributed by atoms with Crippen molar-refractivity contribution < 1.29 is 29.5 Å². The van der Waals surface area contributed by atoms with Gasteiger partial charge in [-0.05, 0) is 18.9 Å². The molecule has 0 saturated carbocycles. The number of aliphatic hydroxyl groups excluding tert-OH is 2. The van der Waals surface area contributed by atoms with Gasteiger partial charge in [0, 0.05) is 12.0 Å². The SMILES string of the molecule is CC(C)C(O)(C(=O)OCC1=CC[N+]2([O-])CC[C@H](O)[C@@H]12)[C@H](C)O. The molecule has 0 amide bonds. The summed E-state index contributed by atoms with van der Waals surface area (Å²) >= 11 is 0. The highest BCUT2D eigenvalue weighted by atomic mass is 16.6. The Kier molecular flexibility index (Phi) is 4.66. The van der Waals surface area contributed by atoms with Crippen LogP contribution in [0.4, 0.5) is 0 Å². The number of hydroxylamine groups is 3. The number of rotatable bonds is 5. The number of esters is 1. The van der Waals surface area contributed by atoms with Gasteiger partial charge in [-0.25, -0.2) is 4.79 Å². The number of hydrogen-bond acceptors (Lipinski definition) is 6.